The number of aryl methyl sites for hydroxylation is 2. The average Bonchev–Trinajstić information content (AvgIpc) is 3.12. The van der Waals surface area contributed by atoms with Crippen LogP contribution in [-0.2, 0) is 4.79 Å². The molecule has 1 aromatic heterocycles. The fraction of sp³-hybridized carbons (Fsp3) is 0.368. The van der Waals surface area contributed by atoms with E-state index in [9.17, 15) is 9.59 Å². The van der Waals surface area contributed by atoms with Crippen molar-refractivity contribution in [1.29, 1.82) is 0 Å². The summed E-state index contributed by atoms with van der Waals surface area (Å²) in [6, 6.07) is 9.29. The first-order valence-electron chi connectivity index (χ1n) is 8.29. The molecule has 2 amide bonds. The first kappa shape index (κ1) is 16.7. The number of rotatable bonds is 3. The standard InChI is InChI=1S/C19H22N2O2S/c1-13-8-9-14(2)15(12-13)20-18(22)16-6-3-4-10-21(16)19(23)17-7-5-11-24-17/h5,7-9,11-12,16H,3-4,6,10H2,1-2H3,(H,20,22). The molecule has 1 unspecified atom stereocenters. The van der Waals surface area contributed by atoms with Crippen LogP contribution in [0.2, 0.25) is 0 Å². The number of benzene rings is 1. The van der Waals surface area contributed by atoms with Crippen molar-refractivity contribution in [3.8, 4) is 0 Å². The van der Waals surface area contributed by atoms with Crippen LogP contribution in [0.5, 0.6) is 0 Å². The monoisotopic (exact) mass is 342 g/mol. The first-order chi connectivity index (χ1) is 11.6. The van der Waals surface area contributed by atoms with Gasteiger partial charge in [0.25, 0.3) is 5.91 Å². The Morgan fingerprint density at radius 2 is 2.04 bits per heavy atom. The second kappa shape index (κ2) is 7.18. The largest absolute Gasteiger partial charge is 0.326 e. The molecule has 1 aromatic carbocycles. The Balaban J connectivity index is 1.78. The van der Waals surface area contributed by atoms with E-state index in [0.29, 0.717) is 17.8 Å². The highest BCUT2D eigenvalue weighted by Gasteiger charge is 2.33. The molecule has 4 nitrogen and oxygen atoms in total. The Bertz CT molecular complexity index is 740. The van der Waals surface area contributed by atoms with E-state index < -0.39 is 6.04 Å². The molecule has 1 aliphatic rings. The van der Waals surface area contributed by atoms with Gasteiger partial charge in [-0.05, 0) is 61.7 Å². The third kappa shape index (κ3) is 3.51. The highest BCUT2D eigenvalue weighted by atomic mass is 32.1. The summed E-state index contributed by atoms with van der Waals surface area (Å²) >= 11 is 1.42. The van der Waals surface area contributed by atoms with Gasteiger partial charge in [-0.15, -0.1) is 11.3 Å². The smallest absolute Gasteiger partial charge is 0.264 e. The summed E-state index contributed by atoms with van der Waals surface area (Å²) in [5, 5.41) is 4.91. The number of likely N-dealkylation sites (tertiary alicyclic amines) is 1. The molecule has 1 aliphatic heterocycles. The zero-order chi connectivity index (χ0) is 17.1. The number of piperidine rings is 1. The second-order valence-electron chi connectivity index (χ2n) is 6.30. The molecule has 24 heavy (non-hydrogen) atoms. The number of carbonyl (C=O) groups excluding carboxylic acids is 2. The lowest BCUT2D eigenvalue weighted by Crippen LogP contribution is -2.49. The zero-order valence-electron chi connectivity index (χ0n) is 14.0. The van der Waals surface area contributed by atoms with Crippen LogP contribution >= 0.6 is 11.3 Å². The molecular weight excluding hydrogens is 320 g/mol. The zero-order valence-corrected chi connectivity index (χ0v) is 14.9. The third-order valence-corrected chi connectivity index (χ3v) is 5.31. The number of nitrogens with one attached hydrogen (secondary N) is 1. The van der Waals surface area contributed by atoms with Gasteiger partial charge in [0.05, 0.1) is 4.88 Å². The van der Waals surface area contributed by atoms with Crippen molar-refractivity contribution in [2.45, 2.75) is 39.2 Å². The second-order valence-corrected chi connectivity index (χ2v) is 7.24. The molecule has 0 saturated carbocycles. The summed E-state index contributed by atoms with van der Waals surface area (Å²) in [6.45, 7) is 4.62. The number of amides is 2. The molecular formula is C19H22N2O2S. The lowest BCUT2D eigenvalue weighted by Gasteiger charge is -2.34. The van der Waals surface area contributed by atoms with E-state index in [1.54, 1.807) is 4.90 Å². The molecule has 1 saturated heterocycles. The quantitative estimate of drug-likeness (QED) is 0.916. The fourth-order valence-corrected chi connectivity index (χ4v) is 3.75. The number of hydrogen-bond donors (Lipinski definition) is 1. The third-order valence-electron chi connectivity index (χ3n) is 4.45. The van der Waals surface area contributed by atoms with E-state index in [2.05, 4.69) is 5.32 Å². The molecule has 2 aromatic rings. The molecule has 126 valence electrons. The normalized spacial score (nSPS) is 17.6. The van der Waals surface area contributed by atoms with Crippen LogP contribution in [-0.4, -0.2) is 29.3 Å². The highest BCUT2D eigenvalue weighted by molar-refractivity contribution is 7.12. The van der Waals surface area contributed by atoms with Gasteiger partial charge in [-0.2, -0.15) is 0 Å². The molecule has 0 aliphatic carbocycles. The van der Waals surface area contributed by atoms with Crippen molar-refractivity contribution < 1.29 is 9.59 Å². The van der Waals surface area contributed by atoms with Gasteiger partial charge in [-0.1, -0.05) is 18.2 Å². The SMILES string of the molecule is Cc1ccc(C)c(NC(=O)C2CCCCN2C(=O)c2cccs2)c1. The van der Waals surface area contributed by atoms with Gasteiger partial charge in [-0.3, -0.25) is 9.59 Å². The van der Waals surface area contributed by atoms with Crippen molar-refractivity contribution >= 4 is 28.8 Å². The minimum Gasteiger partial charge on any atom is -0.326 e. The van der Waals surface area contributed by atoms with Gasteiger partial charge in [0.1, 0.15) is 6.04 Å². The minimum atomic E-state index is -0.395. The van der Waals surface area contributed by atoms with E-state index in [0.717, 1.165) is 29.7 Å². The van der Waals surface area contributed by atoms with Crippen molar-refractivity contribution in [1.82, 2.24) is 4.90 Å². The van der Waals surface area contributed by atoms with Gasteiger partial charge < -0.3 is 10.2 Å². The van der Waals surface area contributed by atoms with Crippen molar-refractivity contribution in [3.63, 3.8) is 0 Å². The summed E-state index contributed by atoms with van der Waals surface area (Å²) in [6.07, 6.45) is 2.64. The highest BCUT2D eigenvalue weighted by Crippen LogP contribution is 2.24. The van der Waals surface area contributed by atoms with Crippen LogP contribution in [0.15, 0.2) is 35.7 Å². The van der Waals surface area contributed by atoms with E-state index in [4.69, 9.17) is 0 Å². The van der Waals surface area contributed by atoms with Crippen molar-refractivity contribution in [3.05, 3.63) is 51.7 Å². The van der Waals surface area contributed by atoms with Crippen LogP contribution in [0.4, 0.5) is 5.69 Å². The van der Waals surface area contributed by atoms with Crippen molar-refractivity contribution in [2.75, 3.05) is 11.9 Å². The number of carbonyl (C=O) groups is 2. The van der Waals surface area contributed by atoms with Crippen LogP contribution in [0.3, 0.4) is 0 Å². The number of hydrogen-bond acceptors (Lipinski definition) is 3. The van der Waals surface area contributed by atoms with Gasteiger partial charge >= 0.3 is 0 Å². The molecule has 5 heteroatoms. The lowest BCUT2D eigenvalue weighted by molar-refractivity contribution is -0.121. The van der Waals surface area contributed by atoms with Crippen LogP contribution in [0.1, 0.15) is 40.1 Å². The van der Waals surface area contributed by atoms with Gasteiger partial charge in [0.2, 0.25) is 5.91 Å². The molecule has 0 radical (unpaired) electrons. The summed E-state index contributed by atoms with van der Waals surface area (Å²) in [7, 11) is 0. The molecule has 0 bridgehead atoms. The van der Waals surface area contributed by atoms with E-state index in [-0.39, 0.29) is 11.8 Å². The Hall–Kier alpha value is -2.14. The molecule has 2 heterocycles. The van der Waals surface area contributed by atoms with Crippen LogP contribution in [0.25, 0.3) is 0 Å². The van der Waals surface area contributed by atoms with Crippen LogP contribution in [0, 0.1) is 13.8 Å². The molecule has 1 N–H and O–H groups in total. The number of nitrogens with zero attached hydrogens (tertiary/aromatic N) is 1. The topological polar surface area (TPSA) is 49.4 Å². The molecule has 3 rings (SSSR count). The maximum absolute atomic E-state index is 12.8. The summed E-state index contributed by atoms with van der Waals surface area (Å²) in [5.41, 5.74) is 2.96. The van der Waals surface area contributed by atoms with E-state index >= 15 is 0 Å². The first-order valence-corrected chi connectivity index (χ1v) is 9.17. The summed E-state index contributed by atoms with van der Waals surface area (Å²) < 4.78 is 0. The predicted molar refractivity (Wildman–Crippen MR) is 97.5 cm³/mol. The number of thiophene rings is 1. The molecule has 1 fully saturated rings. The van der Waals surface area contributed by atoms with E-state index in [1.807, 2.05) is 49.6 Å². The Morgan fingerprint density at radius 3 is 2.79 bits per heavy atom. The fourth-order valence-electron chi connectivity index (χ4n) is 3.08. The predicted octanol–water partition coefficient (Wildman–Crippen LogP) is 4.00. The molecule has 0 spiro atoms. The Labute approximate surface area is 146 Å². The average molecular weight is 342 g/mol. The Kier molecular flexibility index (Phi) is 5.00. The van der Waals surface area contributed by atoms with Crippen molar-refractivity contribution in [2.24, 2.45) is 0 Å². The maximum atomic E-state index is 12.8. The van der Waals surface area contributed by atoms with E-state index in [1.165, 1.54) is 11.3 Å². The van der Waals surface area contributed by atoms with Gasteiger partial charge in [-0.25, -0.2) is 0 Å². The summed E-state index contributed by atoms with van der Waals surface area (Å²) in [4.78, 5) is 27.9. The number of anilines is 1. The molecule has 1 atom stereocenters. The van der Waals surface area contributed by atoms with Crippen LogP contribution < -0.4 is 5.32 Å². The minimum absolute atomic E-state index is 0.0363. The van der Waals surface area contributed by atoms with Gasteiger partial charge in [0, 0.05) is 12.2 Å². The maximum Gasteiger partial charge on any atom is 0.264 e. The Morgan fingerprint density at radius 1 is 1.21 bits per heavy atom. The van der Waals surface area contributed by atoms with Gasteiger partial charge in [0.15, 0.2) is 0 Å². The summed E-state index contributed by atoms with van der Waals surface area (Å²) in [5.74, 6) is -0.126. The lowest BCUT2D eigenvalue weighted by atomic mass is 10.0.